The molecule has 0 spiro atoms. The van der Waals surface area contributed by atoms with Gasteiger partial charge in [0.1, 0.15) is 22.7 Å². The molecule has 3 heterocycles. The molecule has 302 valence electrons. The summed E-state index contributed by atoms with van der Waals surface area (Å²) in [7, 11) is 0. The van der Waals surface area contributed by atoms with Crippen LogP contribution in [-0.4, -0.2) is 49.6 Å². The summed E-state index contributed by atoms with van der Waals surface area (Å²) in [6.45, 7) is 0. The summed E-state index contributed by atoms with van der Waals surface area (Å²) in [6.07, 6.45) is 3.39. The fraction of sp³-hybridized carbons (Fsp3) is 0.137. The molecular weight excluding hydrogens is 797 g/mol. The Hall–Kier alpha value is -6.62. The lowest BCUT2D eigenvalue weighted by Crippen LogP contribution is -2.70. The topological polar surface area (TPSA) is 93.5 Å². The minimum atomic E-state index is -0.775. The number of β-lactam (4-membered cyclic amide) rings is 1. The molecule has 0 aliphatic carbocycles. The maximum absolute atomic E-state index is 14.7. The van der Waals surface area contributed by atoms with Gasteiger partial charge in [-0.15, -0.1) is 23.5 Å². The highest BCUT2D eigenvalue weighted by atomic mass is 32.2. The molecule has 0 bridgehead atoms. The summed E-state index contributed by atoms with van der Waals surface area (Å²) in [5, 5.41) is 7.54. The fourth-order valence-electron chi connectivity index (χ4n) is 8.17. The SMILES string of the molecule is O=C(Cc1ccccc1)N[C@@H]1C(=O)N2C(C(=O)OC(c3ccccc3)c3ccccc3)=C(SCc3cnn(C(c4ccccc4)(c4ccccc4)c4ccccc4)c3)CS[C@H]12. The van der Waals surface area contributed by atoms with Crippen LogP contribution in [-0.2, 0) is 36.8 Å². The number of rotatable bonds is 14. The van der Waals surface area contributed by atoms with Gasteiger partial charge in [0.2, 0.25) is 5.91 Å². The van der Waals surface area contributed by atoms with E-state index in [0.717, 1.165) is 43.8 Å². The van der Waals surface area contributed by atoms with Crippen molar-refractivity contribution >= 4 is 41.3 Å². The monoisotopic (exact) mass is 838 g/mol. The highest BCUT2D eigenvalue weighted by Crippen LogP contribution is 2.46. The first-order chi connectivity index (χ1) is 30.0. The lowest BCUT2D eigenvalue weighted by molar-refractivity contribution is -0.154. The Morgan fingerprint density at radius 3 is 1.72 bits per heavy atom. The van der Waals surface area contributed by atoms with Gasteiger partial charge in [0, 0.05) is 28.2 Å². The van der Waals surface area contributed by atoms with E-state index in [2.05, 4.69) is 47.9 Å². The molecule has 1 aromatic heterocycles. The first-order valence-corrected chi connectivity index (χ1v) is 22.2. The second-order valence-electron chi connectivity index (χ2n) is 14.9. The summed E-state index contributed by atoms with van der Waals surface area (Å²) >= 11 is 3.03. The summed E-state index contributed by atoms with van der Waals surface area (Å²) in [4.78, 5) is 44.2. The molecule has 1 N–H and O–H groups in total. The van der Waals surface area contributed by atoms with Crippen molar-refractivity contribution in [2.24, 2.45) is 0 Å². The zero-order valence-electron chi connectivity index (χ0n) is 33.1. The third-order valence-electron chi connectivity index (χ3n) is 11.0. The molecule has 1 saturated heterocycles. The number of hydrogen-bond acceptors (Lipinski definition) is 7. The predicted molar refractivity (Wildman–Crippen MR) is 241 cm³/mol. The zero-order valence-corrected chi connectivity index (χ0v) is 34.8. The third kappa shape index (κ3) is 8.04. The van der Waals surface area contributed by atoms with E-state index in [9.17, 15) is 14.4 Å². The molecule has 9 rings (SSSR count). The minimum Gasteiger partial charge on any atom is -0.448 e. The molecule has 1 fully saturated rings. The lowest BCUT2D eigenvalue weighted by Gasteiger charge is -2.49. The van der Waals surface area contributed by atoms with E-state index in [1.165, 1.54) is 28.4 Å². The average molecular weight is 839 g/mol. The summed E-state index contributed by atoms with van der Waals surface area (Å²) in [5.74, 6) is -0.260. The van der Waals surface area contributed by atoms with Crippen molar-refractivity contribution in [2.75, 3.05) is 5.75 Å². The van der Waals surface area contributed by atoms with Crippen LogP contribution in [0.3, 0.4) is 0 Å². The number of fused-ring (bicyclic) bond motifs is 1. The maximum Gasteiger partial charge on any atom is 0.356 e. The lowest BCUT2D eigenvalue weighted by atomic mass is 9.77. The first kappa shape index (κ1) is 39.8. The van der Waals surface area contributed by atoms with Crippen LogP contribution < -0.4 is 5.32 Å². The van der Waals surface area contributed by atoms with E-state index in [-0.39, 0.29) is 23.9 Å². The molecule has 8 nitrogen and oxygen atoms in total. The van der Waals surface area contributed by atoms with Crippen LogP contribution in [0.1, 0.15) is 45.0 Å². The fourth-order valence-corrected chi connectivity index (χ4v) is 10.7. The summed E-state index contributed by atoms with van der Waals surface area (Å²) in [5.41, 5.74) is 6.04. The molecule has 10 heteroatoms. The van der Waals surface area contributed by atoms with E-state index in [1.54, 1.807) is 0 Å². The zero-order chi connectivity index (χ0) is 41.6. The molecule has 2 atom stereocenters. The number of amides is 2. The largest absolute Gasteiger partial charge is 0.448 e. The van der Waals surface area contributed by atoms with Gasteiger partial charge < -0.3 is 10.1 Å². The Labute approximate surface area is 363 Å². The van der Waals surface area contributed by atoms with Crippen molar-refractivity contribution in [3.63, 3.8) is 0 Å². The Morgan fingerprint density at radius 2 is 1.20 bits per heavy atom. The van der Waals surface area contributed by atoms with Crippen LogP contribution in [0.2, 0.25) is 0 Å². The number of carbonyl (C=O) groups excluding carboxylic acids is 3. The van der Waals surface area contributed by atoms with Gasteiger partial charge in [-0.05, 0) is 33.4 Å². The summed E-state index contributed by atoms with van der Waals surface area (Å²) in [6, 6.07) is 59.0. The van der Waals surface area contributed by atoms with Crippen LogP contribution in [0.4, 0.5) is 0 Å². The number of nitrogens with zero attached hydrogens (tertiary/aromatic N) is 3. The standard InChI is InChI=1S/C51H42N4O4S2/c56-44(31-36-19-7-1-8-20-36)53-45-48(57)55-46(50(58)59-47(38-21-9-2-10-22-38)39-23-11-3-12-24-39)43(35-61-49(45)55)60-34-37-32-52-54(33-37)51(40-25-13-4-14-26-40,41-27-15-5-16-28-41)42-29-17-6-18-30-42/h1-30,32-33,45,47,49H,31,34-35H2,(H,53,56)/t45-,49-/m1/s1. The van der Waals surface area contributed by atoms with Gasteiger partial charge in [-0.2, -0.15) is 5.10 Å². The minimum absolute atomic E-state index is 0.150. The number of aromatic nitrogens is 2. The number of thioether (sulfide) groups is 2. The van der Waals surface area contributed by atoms with Crippen molar-refractivity contribution in [3.05, 3.63) is 244 Å². The van der Waals surface area contributed by atoms with E-state index in [0.29, 0.717) is 11.5 Å². The highest BCUT2D eigenvalue weighted by molar-refractivity contribution is 8.05. The van der Waals surface area contributed by atoms with Crippen molar-refractivity contribution in [3.8, 4) is 0 Å². The van der Waals surface area contributed by atoms with E-state index < -0.39 is 29.0 Å². The van der Waals surface area contributed by atoms with Crippen LogP contribution >= 0.6 is 23.5 Å². The van der Waals surface area contributed by atoms with E-state index in [1.807, 2.05) is 156 Å². The van der Waals surface area contributed by atoms with Crippen molar-refractivity contribution in [1.29, 1.82) is 0 Å². The normalized spacial score (nSPS) is 16.1. The number of esters is 1. The van der Waals surface area contributed by atoms with Crippen LogP contribution in [0, 0.1) is 0 Å². The maximum atomic E-state index is 14.7. The highest BCUT2D eigenvalue weighted by Gasteiger charge is 2.55. The van der Waals surface area contributed by atoms with Gasteiger partial charge in [0.25, 0.3) is 5.91 Å². The Bertz CT molecular complexity index is 2510. The molecule has 0 unspecified atom stereocenters. The van der Waals surface area contributed by atoms with Crippen molar-refractivity contribution < 1.29 is 19.1 Å². The Kier molecular flexibility index (Phi) is 11.7. The summed E-state index contributed by atoms with van der Waals surface area (Å²) < 4.78 is 8.45. The van der Waals surface area contributed by atoms with Gasteiger partial charge in [0.05, 0.1) is 12.6 Å². The number of hydrogen-bond donors (Lipinski definition) is 1. The second kappa shape index (κ2) is 17.9. The van der Waals surface area contributed by atoms with Crippen molar-refractivity contribution in [1.82, 2.24) is 20.0 Å². The Balaban J connectivity index is 1.05. The second-order valence-corrected chi connectivity index (χ2v) is 17.1. The quantitative estimate of drug-likeness (QED) is 0.0664. The van der Waals surface area contributed by atoms with E-state index >= 15 is 0 Å². The molecule has 2 aliphatic heterocycles. The van der Waals surface area contributed by atoms with Crippen molar-refractivity contribution in [2.45, 2.75) is 35.2 Å². The Morgan fingerprint density at radius 1 is 0.705 bits per heavy atom. The average Bonchev–Trinajstić information content (AvgIpc) is 3.80. The predicted octanol–water partition coefficient (Wildman–Crippen LogP) is 9.14. The van der Waals surface area contributed by atoms with E-state index in [4.69, 9.17) is 9.84 Å². The molecule has 0 saturated carbocycles. The molecule has 2 amide bonds. The van der Waals surface area contributed by atoms with Crippen LogP contribution in [0.25, 0.3) is 0 Å². The molecule has 7 aromatic rings. The van der Waals surface area contributed by atoms with Gasteiger partial charge in [0.15, 0.2) is 6.10 Å². The molecule has 2 aliphatic rings. The molecule has 61 heavy (non-hydrogen) atoms. The number of nitrogens with one attached hydrogen (secondary N) is 1. The number of carbonyl (C=O) groups is 3. The van der Waals surface area contributed by atoms with Gasteiger partial charge in [-0.25, -0.2) is 4.79 Å². The van der Waals surface area contributed by atoms with Gasteiger partial charge in [-0.1, -0.05) is 182 Å². The smallest absolute Gasteiger partial charge is 0.356 e. The molecular formula is C51H42N4O4S2. The molecule has 0 radical (unpaired) electrons. The third-order valence-corrected chi connectivity index (χ3v) is 13.7. The van der Waals surface area contributed by atoms with Gasteiger partial charge in [-0.3, -0.25) is 19.2 Å². The molecule has 6 aromatic carbocycles. The number of ether oxygens (including phenoxy) is 1. The van der Waals surface area contributed by atoms with Crippen LogP contribution in [0.15, 0.2) is 205 Å². The van der Waals surface area contributed by atoms with Gasteiger partial charge >= 0.3 is 5.97 Å². The number of benzene rings is 6. The first-order valence-electron chi connectivity index (χ1n) is 20.2. The van der Waals surface area contributed by atoms with Crippen LogP contribution in [0.5, 0.6) is 0 Å².